The monoisotopic (exact) mass is 364 g/mol. The Morgan fingerprint density at radius 1 is 1.19 bits per heavy atom. The molecule has 0 unspecified atom stereocenters. The van der Waals surface area contributed by atoms with Crippen LogP contribution in [0.25, 0.3) is 0 Å². The van der Waals surface area contributed by atoms with Crippen molar-refractivity contribution in [3.8, 4) is 5.75 Å². The van der Waals surface area contributed by atoms with Crippen LogP contribution in [0.5, 0.6) is 5.75 Å². The van der Waals surface area contributed by atoms with E-state index in [1.54, 1.807) is 11.0 Å². The van der Waals surface area contributed by atoms with Gasteiger partial charge in [-0.05, 0) is 67.7 Å². The van der Waals surface area contributed by atoms with Gasteiger partial charge in [0.05, 0.1) is 5.56 Å². The zero-order chi connectivity index (χ0) is 19.6. The maximum atomic E-state index is 13.1. The van der Waals surface area contributed by atoms with E-state index in [1.165, 1.54) is 23.3 Å². The number of hydrogen-bond donors (Lipinski definition) is 2. The van der Waals surface area contributed by atoms with Crippen LogP contribution in [0.15, 0.2) is 49.1 Å². The molecule has 1 aliphatic carbocycles. The van der Waals surface area contributed by atoms with Gasteiger partial charge in [-0.25, -0.2) is 0 Å². The summed E-state index contributed by atoms with van der Waals surface area (Å²) in [6.45, 7) is 8.02. The van der Waals surface area contributed by atoms with Crippen molar-refractivity contribution in [1.29, 1.82) is 0 Å². The lowest BCUT2D eigenvalue weighted by atomic mass is 10.1. The van der Waals surface area contributed by atoms with Crippen LogP contribution in [0.1, 0.15) is 39.9 Å². The number of benzene rings is 2. The molecule has 1 fully saturated rings. The minimum Gasteiger partial charge on any atom is -0.507 e. The smallest absolute Gasteiger partial charge is 0.258 e. The van der Waals surface area contributed by atoms with Crippen LogP contribution < -0.4 is 5.32 Å². The van der Waals surface area contributed by atoms with Gasteiger partial charge in [0.2, 0.25) is 5.91 Å². The molecule has 0 spiro atoms. The van der Waals surface area contributed by atoms with Gasteiger partial charge >= 0.3 is 0 Å². The molecule has 3 rings (SSSR count). The molecule has 27 heavy (non-hydrogen) atoms. The first kappa shape index (κ1) is 18.7. The first-order chi connectivity index (χ1) is 12.9. The third kappa shape index (κ3) is 4.37. The molecule has 0 aromatic heterocycles. The van der Waals surface area contributed by atoms with E-state index in [0.29, 0.717) is 12.2 Å². The molecule has 2 N–H and O–H groups in total. The predicted octanol–water partition coefficient (Wildman–Crippen LogP) is 3.94. The lowest BCUT2D eigenvalue weighted by molar-refractivity contribution is -0.111. The molecule has 1 saturated carbocycles. The molecule has 2 amide bonds. The first-order valence-corrected chi connectivity index (χ1v) is 9.02. The summed E-state index contributed by atoms with van der Waals surface area (Å²) in [6.07, 6.45) is 3.08. The molecular formula is C22H24N2O3. The lowest BCUT2D eigenvalue weighted by Gasteiger charge is -2.24. The van der Waals surface area contributed by atoms with Crippen molar-refractivity contribution in [1.82, 2.24) is 4.90 Å². The Morgan fingerprint density at radius 2 is 1.93 bits per heavy atom. The second-order valence-electron chi connectivity index (χ2n) is 7.01. The van der Waals surface area contributed by atoms with Gasteiger partial charge in [0.25, 0.3) is 5.91 Å². The van der Waals surface area contributed by atoms with Gasteiger partial charge in [-0.1, -0.05) is 24.8 Å². The van der Waals surface area contributed by atoms with Gasteiger partial charge < -0.3 is 15.3 Å². The standard InChI is InChI=1S/C22H24N2O3/c1-4-21(26)23-17-7-10-20(25)19(12-17)22(27)24(18-8-9-18)13-16-6-5-14(2)15(3)11-16/h4-7,10-12,18,25H,1,8-9,13H2,2-3H3,(H,23,26). The highest BCUT2D eigenvalue weighted by atomic mass is 16.3. The van der Waals surface area contributed by atoms with E-state index in [1.807, 2.05) is 6.07 Å². The van der Waals surface area contributed by atoms with Gasteiger partial charge in [-0.3, -0.25) is 9.59 Å². The third-order valence-corrected chi connectivity index (χ3v) is 4.85. The summed E-state index contributed by atoms with van der Waals surface area (Å²) in [5.41, 5.74) is 4.10. The maximum absolute atomic E-state index is 13.1. The minimum absolute atomic E-state index is 0.0951. The van der Waals surface area contributed by atoms with E-state index >= 15 is 0 Å². The van der Waals surface area contributed by atoms with Crippen LogP contribution in [0.3, 0.4) is 0 Å². The number of nitrogens with one attached hydrogen (secondary N) is 1. The molecular weight excluding hydrogens is 340 g/mol. The van der Waals surface area contributed by atoms with Gasteiger partial charge in [-0.2, -0.15) is 0 Å². The number of phenols is 1. The molecule has 2 aromatic rings. The molecule has 140 valence electrons. The Labute approximate surface area is 159 Å². The number of aromatic hydroxyl groups is 1. The average Bonchev–Trinajstić information content (AvgIpc) is 3.48. The molecule has 0 saturated heterocycles. The SMILES string of the molecule is C=CC(=O)Nc1ccc(O)c(C(=O)N(Cc2ccc(C)c(C)c2)C2CC2)c1. The van der Waals surface area contributed by atoms with Crippen molar-refractivity contribution in [2.45, 2.75) is 39.3 Å². The normalized spacial score (nSPS) is 13.1. The Morgan fingerprint density at radius 3 is 2.56 bits per heavy atom. The Kier molecular flexibility index (Phi) is 5.31. The van der Waals surface area contributed by atoms with Gasteiger partial charge in [0.15, 0.2) is 0 Å². The molecule has 0 atom stereocenters. The first-order valence-electron chi connectivity index (χ1n) is 9.02. The summed E-state index contributed by atoms with van der Waals surface area (Å²) in [5, 5.41) is 12.8. The van der Waals surface area contributed by atoms with Crippen molar-refractivity contribution < 1.29 is 14.7 Å². The Balaban J connectivity index is 1.86. The molecule has 0 bridgehead atoms. The number of nitrogens with zero attached hydrogens (tertiary/aromatic N) is 1. The molecule has 2 aromatic carbocycles. The van der Waals surface area contributed by atoms with Crippen molar-refractivity contribution in [2.24, 2.45) is 0 Å². The summed E-state index contributed by atoms with van der Waals surface area (Å²) < 4.78 is 0. The van der Waals surface area contributed by atoms with Crippen LogP contribution >= 0.6 is 0 Å². The number of aryl methyl sites for hydroxylation is 2. The van der Waals surface area contributed by atoms with E-state index in [0.717, 1.165) is 24.5 Å². The Hall–Kier alpha value is -3.08. The largest absolute Gasteiger partial charge is 0.507 e. The fraction of sp³-hybridized carbons (Fsp3) is 0.273. The number of carbonyl (C=O) groups excluding carboxylic acids is 2. The van der Waals surface area contributed by atoms with Crippen LogP contribution in [-0.4, -0.2) is 27.9 Å². The minimum atomic E-state index is -0.367. The fourth-order valence-corrected chi connectivity index (χ4v) is 2.98. The van der Waals surface area contributed by atoms with E-state index in [2.05, 4.69) is 37.9 Å². The zero-order valence-corrected chi connectivity index (χ0v) is 15.7. The molecule has 0 aliphatic heterocycles. The number of hydrogen-bond acceptors (Lipinski definition) is 3. The van der Waals surface area contributed by atoms with Crippen LogP contribution in [-0.2, 0) is 11.3 Å². The highest BCUT2D eigenvalue weighted by Crippen LogP contribution is 2.32. The topological polar surface area (TPSA) is 69.6 Å². The van der Waals surface area contributed by atoms with Crippen LogP contribution in [0, 0.1) is 13.8 Å². The summed E-state index contributed by atoms with van der Waals surface area (Å²) in [6, 6.07) is 10.9. The van der Waals surface area contributed by atoms with Crippen molar-refractivity contribution in [2.75, 3.05) is 5.32 Å². The summed E-state index contributed by atoms with van der Waals surface area (Å²) >= 11 is 0. The van der Waals surface area contributed by atoms with Crippen molar-refractivity contribution in [3.05, 3.63) is 71.3 Å². The maximum Gasteiger partial charge on any atom is 0.258 e. The number of amides is 2. The van der Waals surface area contributed by atoms with Crippen molar-refractivity contribution in [3.63, 3.8) is 0 Å². The highest BCUT2D eigenvalue weighted by molar-refractivity contribution is 6.02. The van der Waals surface area contributed by atoms with Gasteiger partial charge in [-0.15, -0.1) is 0 Å². The summed E-state index contributed by atoms with van der Waals surface area (Å²) in [4.78, 5) is 26.5. The Bertz CT molecular complexity index is 900. The van der Waals surface area contributed by atoms with E-state index in [9.17, 15) is 14.7 Å². The molecule has 5 nitrogen and oxygen atoms in total. The lowest BCUT2D eigenvalue weighted by Crippen LogP contribution is -2.32. The van der Waals surface area contributed by atoms with E-state index in [-0.39, 0.29) is 29.2 Å². The van der Waals surface area contributed by atoms with Gasteiger partial charge in [0, 0.05) is 18.3 Å². The molecule has 1 aliphatic rings. The molecule has 0 radical (unpaired) electrons. The number of rotatable bonds is 6. The highest BCUT2D eigenvalue weighted by Gasteiger charge is 2.34. The summed E-state index contributed by atoms with van der Waals surface area (Å²) in [5.74, 6) is -0.696. The molecule has 0 heterocycles. The fourth-order valence-electron chi connectivity index (χ4n) is 2.98. The van der Waals surface area contributed by atoms with Gasteiger partial charge in [0.1, 0.15) is 5.75 Å². The predicted molar refractivity (Wildman–Crippen MR) is 106 cm³/mol. The quantitative estimate of drug-likeness (QED) is 0.602. The summed E-state index contributed by atoms with van der Waals surface area (Å²) in [7, 11) is 0. The van der Waals surface area contributed by atoms with E-state index < -0.39 is 0 Å². The zero-order valence-electron chi connectivity index (χ0n) is 15.7. The number of carbonyl (C=O) groups is 2. The van der Waals surface area contributed by atoms with Crippen LogP contribution in [0.4, 0.5) is 5.69 Å². The third-order valence-electron chi connectivity index (χ3n) is 4.85. The number of anilines is 1. The van der Waals surface area contributed by atoms with Crippen LogP contribution in [0.2, 0.25) is 0 Å². The second kappa shape index (κ2) is 7.66. The average molecular weight is 364 g/mol. The van der Waals surface area contributed by atoms with Crippen molar-refractivity contribution >= 4 is 17.5 Å². The van der Waals surface area contributed by atoms with E-state index in [4.69, 9.17) is 0 Å². The molecule has 5 heteroatoms. The second-order valence-corrected chi connectivity index (χ2v) is 7.01. The number of phenolic OH excluding ortho intramolecular Hbond substituents is 1.